The average Bonchev–Trinajstić information content (AvgIpc) is 2.99. The molecular formula is C15H23ClN4. The van der Waals surface area contributed by atoms with E-state index in [0.717, 1.165) is 36.0 Å². The molecule has 0 saturated heterocycles. The fourth-order valence-corrected chi connectivity index (χ4v) is 2.63. The molecule has 2 aromatic rings. The maximum Gasteiger partial charge on any atom is 0.0865 e. The van der Waals surface area contributed by atoms with Crippen molar-refractivity contribution in [2.75, 3.05) is 6.54 Å². The topological polar surface area (TPSA) is 34.8 Å². The SMILES string of the molecule is CCNC(C)c1ccn(Cc2c(Cl)c(C)nn2CC)c1. The molecule has 4 nitrogen and oxygen atoms in total. The van der Waals surface area contributed by atoms with Crippen LogP contribution in [0.15, 0.2) is 18.5 Å². The van der Waals surface area contributed by atoms with Crippen molar-refractivity contribution in [1.29, 1.82) is 0 Å². The zero-order valence-electron chi connectivity index (χ0n) is 12.7. The van der Waals surface area contributed by atoms with E-state index in [-0.39, 0.29) is 0 Å². The predicted molar refractivity (Wildman–Crippen MR) is 83.3 cm³/mol. The summed E-state index contributed by atoms with van der Waals surface area (Å²) in [5.74, 6) is 0. The molecule has 0 saturated carbocycles. The maximum atomic E-state index is 6.35. The Bertz CT molecular complexity index is 570. The van der Waals surface area contributed by atoms with Crippen molar-refractivity contribution < 1.29 is 0 Å². The van der Waals surface area contributed by atoms with Crippen LogP contribution in [-0.2, 0) is 13.1 Å². The summed E-state index contributed by atoms with van der Waals surface area (Å²) in [5.41, 5.74) is 3.27. The summed E-state index contributed by atoms with van der Waals surface area (Å²) < 4.78 is 4.14. The molecule has 0 aromatic carbocycles. The van der Waals surface area contributed by atoms with E-state index < -0.39 is 0 Å². The van der Waals surface area contributed by atoms with Crippen LogP contribution in [-0.4, -0.2) is 20.9 Å². The molecule has 2 aromatic heterocycles. The van der Waals surface area contributed by atoms with E-state index in [1.54, 1.807) is 0 Å². The molecule has 0 spiro atoms. The summed E-state index contributed by atoms with van der Waals surface area (Å²) in [5, 5.41) is 8.65. The molecule has 110 valence electrons. The molecular weight excluding hydrogens is 272 g/mol. The third-order valence-corrected chi connectivity index (χ3v) is 4.06. The molecule has 2 rings (SSSR count). The van der Waals surface area contributed by atoms with Crippen LogP contribution in [0.5, 0.6) is 0 Å². The van der Waals surface area contributed by atoms with Crippen LogP contribution in [0.1, 0.15) is 43.8 Å². The molecule has 0 fully saturated rings. The summed E-state index contributed by atoms with van der Waals surface area (Å²) in [6.45, 7) is 10.9. The molecule has 1 atom stereocenters. The van der Waals surface area contributed by atoms with Gasteiger partial charge in [0.15, 0.2) is 0 Å². The smallest absolute Gasteiger partial charge is 0.0865 e. The van der Waals surface area contributed by atoms with Gasteiger partial charge >= 0.3 is 0 Å². The van der Waals surface area contributed by atoms with E-state index in [2.05, 4.69) is 54.2 Å². The van der Waals surface area contributed by atoms with Gasteiger partial charge in [-0.3, -0.25) is 4.68 Å². The summed E-state index contributed by atoms with van der Waals surface area (Å²) in [7, 11) is 0. The fraction of sp³-hybridized carbons (Fsp3) is 0.533. The van der Waals surface area contributed by atoms with Crippen molar-refractivity contribution in [1.82, 2.24) is 19.7 Å². The highest BCUT2D eigenvalue weighted by Gasteiger charge is 2.13. The second-order valence-electron chi connectivity index (χ2n) is 5.06. The number of aromatic nitrogens is 3. The van der Waals surface area contributed by atoms with Gasteiger partial charge < -0.3 is 9.88 Å². The molecule has 0 aliphatic rings. The van der Waals surface area contributed by atoms with Crippen LogP contribution in [0.25, 0.3) is 0 Å². The van der Waals surface area contributed by atoms with Crippen molar-refractivity contribution in [3.8, 4) is 0 Å². The summed E-state index contributed by atoms with van der Waals surface area (Å²) in [6, 6.07) is 2.52. The first-order valence-electron chi connectivity index (χ1n) is 7.17. The zero-order chi connectivity index (χ0) is 14.7. The first-order valence-corrected chi connectivity index (χ1v) is 7.55. The average molecular weight is 295 g/mol. The molecule has 0 bridgehead atoms. The molecule has 5 heteroatoms. The van der Waals surface area contributed by atoms with Gasteiger partial charge in [0.2, 0.25) is 0 Å². The van der Waals surface area contributed by atoms with Crippen molar-refractivity contribution in [3.05, 3.63) is 40.4 Å². The molecule has 0 aliphatic heterocycles. The van der Waals surface area contributed by atoms with E-state index in [1.165, 1.54) is 5.56 Å². The van der Waals surface area contributed by atoms with Crippen molar-refractivity contribution in [2.24, 2.45) is 0 Å². The number of hydrogen-bond donors (Lipinski definition) is 1. The largest absolute Gasteiger partial charge is 0.348 e. The summed E-state index contributed by atoms with van der Waals surface area (Å²) >= 11 is 6.35. The lowest BCUT2D eigenvalue weighted by Gasteiger charge is -2.10. The van der Waals surface area contributed by atoms with Crippen LogP contribution in [0.2, 0.25) is 5.02 Å². The van der Waals surface area contributed by atoms with E-state index in [0.29, 0.717) is 6.04 Å². The lowest BCUT2D eigenvalue weighted by Crippen LogP contribution is -2.17. The van der Waals surface area contributed by atoms with Gasteiger partial charge in [-0.05, 0) is 38.9 Å². The van der Waals surface area contributed by atoms with E-state index in [9.17, 15) is 0 Å². The minimum Gasteiger partial charge on any atom is -0.348 e. The molecule has 20 heavy (non-hydrogen) atoms. The van der Waals surface area contributed by atoms with E-state index >= 15 is 0 Å². The van der Waals surface area contributed by atoms with Gasteiger partial charge in [-0.2, -0.15) is 5.10 Å². The van der Waals surface area contributed by atoms with E-state index in [1.807, 2.05) is 11.6 Å². The molecule has 0 amide bonds. The highest BCUT2D eigenvalue weighted by atomic mass is 35.5. The molecule has 1 N–H and O–H groups in total. The van der Waals surface area contributed by atoms with Crippen molar-refractivity contribution in [2.45, 2.75) is 46.8 Å². The van der Waals surface area contributed by atoms with Crippen molar-refractivity contribution >= 4 is 11.6 Å². The third-order valence-electron chi connectivity index (χ3n) is 3.57. The first-order chi connectivity index (χ1) is 9.56. The Morgan fingerprint density at radius 2 is 2.15 bits per heavy atom. The van der Waals surface area contributed by atoms with Crippen LogP contribution in [0.4, 0.5) is 0 Å². The van der Waals surface area contributed by atoms with Gasteiger partial charge in [-0.15, -0.1) is 0 Å². The number of nitrogens with one attached hydrogen (secondary N) is 1. The Hall–Kier alpha value is -1.26. The monoisotopic (exact) mass is 294 g/mol. The molecule has 0 aliphatic carbocycles. The van der Waals surface area contributed by atoms with Gasteiger partial charge in [0, 0.05) is 25.0 Å². The van der Waals surface area contributed by atoms with Gasteiger partial charge in [-0.25, -0.2) is 0 Å². The molecule has 2 heterocycles. The van der Waals surface area contributed by atoms with Gasteiger partial charge in [-0.1, -0.05) is 18.5 Å². The van der Waals surface area contributed by atoms with Crippen LogP contribution in [0, 0.1) is 6.92 Å². The number of nitrogens with zero attached hydrogens (tertiary/aromatic N) is 3. The van der Waals surface area contributed by atoms with Crippen molar-refractivity contribution in [3.63, 3.8) is 0 Å². The lowest BCUT2D eigenvalue weighted by molar-refractivity contribution is 0.587. The first kappa shape index (κ1) is 15.1. The third kappa shape index (κ3) is 3.07. The minimum atomic E-state index is 0.370. The Morgan fingerprint density at radius 1 is 1.40 bits per heavy atom. The van der Waals surface area contributed by atoms with Gasteiger partial charge in [0.05, 0.1) is 23.0 Å². The highest BCUT2D eigenvalue weighted by Crippen LogP contribution is 2.22. The Balaban J connectivity index is 2.18. The number of aryl methyl sites for hydroxylation is 2. The number of hydrogen-bond acceptors (Lipinski definition) is 2. The summed E-state index contributed by atoms with van der Waals surface area (Å²) in [6.07, 6.45) is 4.27. The number of rotatable bonds is 6. The second-order valence-corrected chi connectivity index (χ2v) is 5.44. The lowest BCUT2D eigenvalue weighted by atomic mass is 10.2. The number of halogens is 1. The highest BCUT2D eigenvalue weighted by molar-refractivity contribution is 6.31. The fourth-order valence-electron chi connectivity index (χ4n) is 2.43. The Labute approximate surface area is 125 Å². The van der Waals surface area contributed by atoms with Gasteiger partial charge in [0.1, 0.15) is 0 Å². The standard InChI is InChI=1S/C15H23ClN4/c1-5-17-11(3)13-7-8-19(9-13)10-14-15(16)12(4)18-20(14)6-2/h7-9,11,17H,5-6,10H2,1-4H3. The molecule has 0 radical (unpaired) electrons. The van der Waals surface area contributed by atoms with Gasteiger partial charge in [0.25, 0.3) is 0 Å². The van der Waals surface area contributed by atoms with E-state index in [4.69, 9.17) is 11.6 Å². The maximum absolute atomic E-state index is 6.35. The Kier molecular flexibility index (Phi) is 4.89. The summed E-state index contributed by atoms with van der Waals surface area (Å²) in [4.78, 5) is 0. The minimum absolute atomic E-state index is 0.370. The quantitative estimate of drug-likeness (QED) is 0.886. The predicted octanol–water partition coefficient (Wildman–Crippen LogP) is 3.39. The van der Waals surface area contributed by atoms with Crippen LogP contribution >= 0.6 is 11.6 Å². The van der Waals surface area contributed by atoms with Crippen LogP contribution < -0.4 is 5.32 Å². The molecule has 1 unspecified atom stereocenters. The van der Waals surface area contributed by atoms with Crippen LogP contribution in [0.3, 0.4) is 0 Å². The normalized spacial score (nSPS) is 12.8. The second kappa shape index (κ2) is 6.46. The zero-order valence-corrected chi connectivity index (χ0v) is 13.4. The Morgan fingerprint density at radius 3 is 2.80 bits per heavy atom.